The maximum atomic E-state index is 5.80. The molecule has 0 spiro atoms. The average Bonchev–Trinajstić information content (AvgIpc) is 2.80. The molecule has 0 fully saturated rings. The van der Waals surface area contributed by atoms with Crippen molar-refractivity contribution in [1.29, 1.82) is 0 Å². The highest BCUT2D eigenvalue weighted by Crippen LogP contribution is 2.24. The number of aromatic nitrogens is 2. The van der Waals surface area contributed by atoms with Gasteiger partial charge in [-0.25, -0.2) is 4.98 Å². The minimum Gasteiger partial charge on any atom is -0.328 e. The molecule has 0 aliphatic heterocycles. The van der Waals surface area contributed by atoms with Crippen LogP contribution in [0.3, 0.4) is 0 Å². The minimum absolute atomic E-state index is 0.327. The molecule has 90 valence electrons. The van der Waals surface area contributed by atoms with E-state index in [1.165, 1.54) is 11.1 Å². The van der Waals surface area contributed by atoms with Crippen LogP contribution < -0.4 is 5.73 Å². The number of hydrogen-bond donors (Lipinski definition) is 1. The van der Waals surface area contributed by atoms with Gasteiger partial charge in [-0.2, -0.15) is 0 Å². The van der Waals surface area contributed by atoms with Gasteiger partial charge >= 0.3 is 0 Å². The largest absolute Gasteiger partial charge is 0.328 e. The molecule has 0 amide bonds. The summed E-state index contributed by atoms with van der Waals surface area (Å²) in [5.41, 5.74) is 9.41. The van der Waals surface area contributed by atoms with Crippen LogP contribution in [0.4, 0.5) is 0 Å². The quantitative estimate of drug-likeness (QED) is 0.876. The topological polar surface area (TPSA) is 43.8 Å². The lowest BCUT2D eigenvalue weighted by Crippen LogP contribution is -2.18. The van der Waals surface area contributed by atoms with Gasteiger partial charge in [-0.3, -0.25) is 0 Å². The molecule has 17 heavy (non-hydrogen) atoms. The van der Waals surface area contributed by atoms with Crippen molar-refractivity contribution >= 4 is 0 Å². The van der Waals surface area contributed by atoms with Gasteiger partial charge in [-0.15, -0.1) is 0 Å². The van der Waals surface area contributed by atoms with Crippen molar-refractivity contribution in [1.82, 2.24) is 9.55 Å². The maximum absolute atomic E-state index is 5.80. The van der Waals surface area contributed by atoms with Gasteiger partial charge in [0.15, 0.2) is 0 Å². The molecular weight excluding hydrogens is 210 g/mol. The van der Waals surface area contributed by atoms with Crippen LogP contribution in [0.2, 0.25) is 0 Å². The summed E-state index contributed by atoms with van der Waals surface area (Å²) in [7, 11) is 0. The molecule has 1 atom stereocenters. The maximum Gasteiger partial charge on any atom is 0.0954 e. The van der Waals surface area contributed by atoms with Crippen LogP contribution in [-0.4, -0.2) is 16.1 Å². The Bertz CT molecular complexity index is 484. The molecule has 0 saturated heterocycles. The highest BCUT2D eigenvalue weighted by Gasteiger charge is 2.12. The second kappa shape index (κ2) is 5.15. The monoisotopic (exact) mass is 229 g/mol. The first-order valence-corrected chi connectivity index (χ1v) is 6.05. The summed E-state index contributed by atoms with van der Waals surface area (Å²) in [5.74, 6) is 0. The van der Waals surface area contributed by atoms with Gasteiger partial charge in [0.1, 0.15) is 0 Å². The molecule has 3 heteroatoms. The smallest absolute Gasteiger partial charge is 0.0954 e. The van der Waals surface area contributed by atoms with Crippen LogP contribution in [-0.2, 0) is 0 Å². The fourth-order valence-corrected chi connectivity index (χ4v) is 2.10. The molecule has 0 aliphatic carbocycles. The van der Waals surface area contributed by atoms with E-state index in [1.807, 2.05) is 12.5 Å². The van der Waals surface area contributed by atoms with E-state index in [2.05, 4.69) is 47.7 Å². The molecule has 2 rings (SSSR count). The summed E-state index contributed by atoms with van der Waals surface area (Å²) in [6.45, 7) is 4.90. The lowest BCUT2D eigenvalue weighted by atomic mass is 10.1. The zero-order valence-corrected chi connectivity index (χ0v) is 10.4. The Morgan fingerprint density at radius 1 is 1.41 bits per heavy atom. The van der Waals surface area contributed by atoms with Gasteiger partial charge in [0, 0.05) is 18.2 Å². The van der Waals surface area contributed by atoms with Crippen molar-refractivity contribution in [3.63, 3.8) is 0 Å². The van der Waals surface area contributed by atoms with Gasteiger partial charge in [-0.1, -0.05) is 30.7 Å². The number of aryl methyl sites for hydroxylation is 1. The zero-order valence-electron chi connectivity index (χ0n) is 10.4. The molecule has 0 saturated carbocycles. The number of benzene rings is 1. The first-order valence-electron chi connectivity index (χ1n) is 6.05. The summed E-state index contributed by atoms with van der Waals surface area (Å²) in [6.07, 6.45) is 4.80. The molecule has 0 aliphatic rings. The van der Waals surface area contributed by atoms with Gasteiger partial charge in [0.25, 0.3) is 0 Å². The lowest BCUT2D eigenvalue weighted by Gasteiger charge is -2.17. The van der Waals surface area contributed by atoms with Crippen LogP contribution in [0.1, 0.15) is 24.9 Å². The Balaban J connectivity index is 2.43. The molecule has 1 unspecified atom stereocenters. The number of nitrogens with two attached hydrogens (primary N) is 1. The lowest BCUT2D eigenvalue weighted by molar-refractivity contribution is 0.500. The van der Waals surface area contributed by atoms with Crippen LogP contribution in [0.5, 0.6) is 0 Å². The molecule has 1 aromatic carbocycles. The third kappa shape index (κ3) is 2.39. The van der Waals surface area contributed by atoms with Crippen molar-refractivity contribution in [3.8, 4) is 11.3 Å². The predicted molar refractivity (Wildman–Crippen MR) is 70.8 cm³/mol. The number of hydrogen-bond acceptors (Lipinski definition) is 2. The van der Waals surface area contributed by atoms with E-state index in [1.54, 1.807) is 0 Å². The van der Waals surface area contributed by atoms with Gasteiger partial charge in [0.05, 0.1) is 18.2 Å². The molecule has 2 aromatic rings. The van der Waals surface area contributed by atoms with Crippen molar-refractivity contribution in [2.75, 3.05) is 6.54 Å². The Labute approximate surface area is 102 Å². The molecule has 0 bridgehead atoms. The summed E-state index contributed by atoms with van der Waals surface area (Å²) in [4.78, 5) is 4.25. The summed E-state index contributed by atoms with van der Waals surface area (Å²) in [5, 5.41) is 0. The standard InChI is InChI=1S/C14H19N3/c1-3-13(8-15)17-10-16-9-14(17)12-6-4-5-11(2)7-12/h4-7,9-10,13H,3,8,15H2,1-2H3. The Hall–Kier alpha value is -1.61. The normalized spacial score (nSPS) is 12.6. The van der Waals surface area contributed by atoms with Crippen molar-refractivity contribution in [2.24, 2.45) is 5.73 Å². The van der Waals surface area contributed by atoms with E-state index in [0.29, 0.717) is 12.6 Å². The van der Waals surface area contributed by atoms with E-state index < -0.39 is 0 Å². The van der Waals surface area contributed by atoms with Gasteiger partial charge in [-0.05, 0) is 19.4 Å². The van der Waals surface area contributed by atoms with Crippen LogP contribution in [0, 0.1) is 6.92 Å². The molecule has 3 nitrogen and oxygen atoms in total. The van der Waals surface area contributed by atoms with E-state index in [0.717, 1.165) is 12.1 Å². The fourth-order valence-electron chi connectivity index (χ4n) is 2.10. The van der Waals surface area contributed by atoms with Crippen LogP contribution in [0.25, 0.3) is 11.3 Å². The molecule has 1 heterocycles. The van der Waals surface area contributed by atoms with E-state index in [-0.39, 0.29) is 0 Å². The molecule has 0 radical (unpaired) electrons. The van der Waals surface area contributed by atoms with Gasteiger partial charge < -0.3 is 10.3 Å². The van der Waals surface area contributed by atoms with Crippen LogP contribution >= 0.6 is 0 Å². The van der Waals surface area contributed by atoms with Crippen LogP contribution in [0.15, 0.2) is 36.8 Å². The van der Waals surface area contributed by atoms with E-state index in [4.69, 9.17) is 5.73 Å². The van der Waals surface area contributed by atoms with Crippen molar-refractivity contribution in [3.05, 3.63) is 42.4 Å². The fraction of sp³-hybridized carbons (Fsp3) is 0.357. The Morgan fingerprint density at radius 3 is 2.88 bits per heavy atom. The second-order valence-electron chi connectivity index (χ2n) is 4.35. The number of nitrogens with zero attached hydrogens (tertiary/aromatic N) is 2. The Morgan fingerprint density at radius 2 is 2.24 bits per heavy atom. The summed E-state index contributed by atoms with van der Waals surface area (Å²) >= 11 is 0. The minimum atomic E-state index is 0.327. The molecule has 1 aromatic heterocycles. The highest BCUT2D eigenvalue weighted by molar-refractivity contribution is 5.60. The van der Waals surface area contributed by atoms with Gasteiger partial charge in [0.2, 0.25) is 0 Å². The van der Waals surface area contributed by atoms with E-state index >= 15 is 0 Å². The van der Waals surface area contributed by atoms with Crippen molar-refractivity contribution in [2.45, 2.75) is 26.3 Å². The first-order chi connectivity index (χ1) is 8.26. The van der Waals surface area contributed by atoms with E-state index in [9.17, 15) is 0 Å². The molecular formula is C14H19N3. The third-order valence-electron chi connectivity index (χ3n) is 3.12. The number of rotatable bonds is 4. The number of imidazole rings is 1. The predicted octanol–water partition coefficient (Wildman–Crippen LogP) is 2.77. The zero-order chi connectivity index (χ0) is 12.3. The highest BCUT2D eigenvalue weighted by atomic mass is 15.1. The SMILES string of the molecule is CCC(CN)n1cncc1-c1cccc(C)c1. The second-order valence-corrected chi connectivity index (χ2v) is 4.35. The third-order valence-corrected chi connectivity index (χ3v) is 3.12. The first kappa shape index (κ1) is 11.9. The average molecular weight is 229 g/mol. The Kier molecular flexibility index (Phi) is 3.59. The summed E-state index contributed by atoms with van der Waals surface area (Å²) in [6, 6.07) is 8.80. The molecule has 2 N–H and O–H groups in total. The summed E-state index contributed by atoms with van der Waals surface area (Å²) < 4.78 is 2.18. The van der Waals surface area contributed by atoms with Crippen molar-refractivity contribution < 1.29 is 0 Å².